The summed E-state index contributed by atoms with van der Waals surface area (Å²) >= 11 is 0. The number of nitrogens with zero attached hydrogens (tertiary/aromatic N) is 1. The van der Waals surface area contributed by atoms with Crippen LogP contribution in [0.15, 0.2) is 41.3 Å². The highest BCUT2D eigenvalue weighted by Gasteiger charge is 2.25. The largest absolute Gasteiger partial charge is 0.478 e. The number of carboxylic acid groups (broad SMARTS) is 1. The summed E-state index contributed by atoms with van der Waals surface area (Å²) in [7, 11) is -4.14. The maximum absolute atomic E-state index is 13.9. The number of aromatic carboxylic acids is 1. The Morgan fingerprint density at radius 1 is 1.09 bits per heavy atom. The van der Waals surface area contributed by atoms with Gasteiger partial charge in [-0.05, 0) is 92.6 Å². The molecule has 2 aromatic carbocycles. The van der Waals surface area contributed by atoms with Crippen LogP contribution in [0.25, 0.3) is 6.08 Å². The van der Waals surface area contributed by atoms with Crippen molar-refractivity contribution in [3.63, 3.8) is 0 Å². The van der Waals surface area contributed by atoms with Gasteiger partial charge in [-0.15, -0.1) is 0 Å². The molecular weight excluding hydrogens is 431 g/mol. The Balaban J connectivity index is 1.66. The van der Waals surface area contributed by atoms with Gasteiger partial charge in [0, 0.05) is 6.54 Å². The number of likely N-dealkylation sites (tertiary alicyclic amines) is 1. The van der Waals surface area contributed by atoms with Crippen LogP contribution in [0.5, 0.6) is 0 Å². The number of sulfonamides is 1. The van der Waals surface area contributed by atoms with Crippen molar-refractivity contribution in [1.82, 2.24) is 4.90 Å². The lowest BCUT2D eigenvalue weighted by Crippen LogP contribution is -2.20. The summed E-state index contributed by atoms with van der Waals surface area (Å²) in [5.74, 6) is -1.70. The highest BCUT2D eigenvalue weighted by molar-refractivity contribution is 7.92. The Kier molecular flexibility index (Phi) is 6.62. The number of anilines is 1. The van der Waals surface area contributed by atoms with E-state index in [1.54, 1.807) is 12.1 Å². The molecule has 0 radical (unpaired) electrons. The van der Waals surface area contributed by atoms with Crippen LogP contribution in [-0.2, 0) is 22.9 Å². The van der Waals surface area contributed by atoms with Gasteiger partial charge in [0.15, 0.2) is 0 Å². The normalized spacial score (nSPS) is 16.9. The number of carboxylic acids is 1. The van der Waals surface area contributed by atoms with Gasteiger partial charge < -0.3 is 5.11 Å². The molecule has 1 aliphatic heterocycles. The van der Waals surface area contributed by atoms with E-state index in [2.05, 4.69) is 9.62 Å². The molecule has 6 nitrogen and oxygen atoms in total. The minimum Gasteiger partial charge on any atom is -0.478 e. The van der Waals surface area contributed by atoms with Crippen molar-refractivity contribution in [3.8, 4) is 0 Å². The molecule has 0 unspecified atom stereocenters. The third kappa shape index (κ3) is 4.86. The highest BCUT2D eigenvalue weighted by atomic mass is 32.2. The topological polar surface area (TPSA) is 86.7 Å². The molecule has 2 aromatic rings. The first-order valence-electron chi connectivity index (χ1n) is 10.9. The summed E-state index contributed by atoms with van der Waals surface area (Å²) in [5, 5.41) is 9.80. The van der Waals surface area contributed by atoms with E-state index in [1.807, 2.05) is 6.08 Å². The molecule has 0 amide bonds. The molecule has 8 heteroatoms. The second-order valence-corrected chi connectivity index (χ2v) is 9.99. The standard InChI is InChI=1S/C24H27FN2O4S/c25-19-10-12-22(18(16-19)7-5-15-27-13-3-4-14-27)32(30,31)26-21-11-9-17-6-1-2-8-20(17)23(21)24(28)29/h5,7,9-12,16,26H,1-4,6,8,13-15H2,(H,28,29)/b7-5-. The molecule has 1 heterocycles. The minimum absolute atomic E-state index is 0.000915. The number of hydrogen-bond acceptors (Lipinski definition) is 4. The second kappa shape index (κ2) is 9.42. The lowest BCUT2D eigenvalue weighted by molar-refractivity contribution is 0.0696. The third-order valence-electron chi connectivity index (χ3n) is 6.11. The number of aryl methyl sites for hydroxylation is 1. The fraction of sp³-hybridized carbons (Fsp3) is 0.375. The highest BCUT2D eigenvalue weighted by Crippen LogP contribution is 2.32. The predicted octanol–water partition coefficient (Wildman–Crippen LogP) is 4.31. The van der Waals surface area contributed by atoms with E-state index < -0.39 is 21.8 Å². The molecule has 0 spiro atoms. The maximum Gasteiger partial charge on any atom is 0.338 e. The summed E-state index contributed by atoms with van der Waals surface area (Å²) < 4.78 is 42.8. The zero-order valence-electron chi connectivity index (χ0n) is 17.8. The minimum atomic E-state index is -4.14. The smallest absolute Gasteiger partial charge is 0.338 e. The molecule has 2 aliphatic rings. The van der Waals surface area contributed by atoms with Crippen LogP contribution in [0.1, 0.15) is 52.7 Å². The van der Waals surface area contributed by atoms with Crippen LogP contribution in [0, 0.1) is 5.82 Å². The van der Waals surface area contributed by atoms with Crippen LogP contribution in [0.4, 0.5) is 10.1 Å². The van der Waals surface area contributed by atoms with Crippen LogP contribution < -0.4 is 4.72 Å². The van der Waals surface area contributed by atoms with Crippen LogP contribution in [0.2, 0.25) is 0 Å². The van der Waals surface area contributed by atoms with E-state index in [-0.39, 0.29) is 21.7 Å². The first kappa shape index (κ1) is 22.5. The molecule has 32 heavy (non-hydrogen) atoms. The van der Waals surface area contributed by atoms with Crippen molar-refractivity contribution < 1.29 is 22.7 Å². The van der Waals surface area contributed by atoms with Gasteiger partial charge in [-0.2, -0.15) is 0 Å². The molecule has 1 aliphatic carbocycles. The number of halogens is 1. The number of fused-ring (bicyclic) bond motifs is 1. The third-order valence-corrected chi connectivity index (χ3v) is 7.55. The monoisotopic (exact) mass is 458 g/mol. The van der Waals surface area contributed by atoms with Crippen LogP contribution >= 0.6 is 0 Å². The summed E-state index contributed by atoms with van der Waals surface area (Å²) in [6.45, 7) is 2.66. The Bertz CT molecular complexity index is 1150. The van der Waals surface area contributed by atoms with Crippen molar-refractivity contribution in [3.05, 3.63) is 64.5 Å². The van der Waals surface area contributed by atoms with E-state index in [9.17, 15) is 22.7 Å². The first-order chi connectivity index (χ1) is 15.3. The SMILES string of the molecule is O=C(O)c1c(NS(=O)(=O)c2ccc(F)cc2/C=C\CN2CCCC2)ccc2c1CCCC2. The average Bonchev–Trinajstić information content (AvgIpc) is 3.26. The molecule has 0 bridgehead atoms. The summed E-state index contributed by atoms with van der Waals surface area (Å²) in [6, 6.07) is 6.79. The van der Waals surface area contributed by atoms with Gasteiger partial charge in [-0.25, -0.2) is 17.6 Å². The summed E-state index contributed by atoms with van der Waals surface area (Å²) in [6.07, 6.45) is 8.98. The molecule has 1 saturated heterocycles. The Hall–Kier alpha value is -2.71. The molecule has 1 fully saturated rings. The number of rotatable bonds is 7. The van der Waals surface area contributed by atoms with Crippen molar-refractivity contribution in [1.29, 1.82) is 0 Å². The van der Waals surface area contributed by atoms with Gasteiger partial charge >= 0.3 is 5.97 Å². The predicted molar refractivity (Wildman–Crippen MR) is 122 cm³/mol. The van der Waals surface area contributed by atoms with E-state index in [0.717, 1.165) is 56.8 Å². The van der Waals surface area contributed by atoms with E-state index in [0.29, 0.717) is 18.5 Å². The molecule has 0 aromatic heterocycles. The summed E-state index contributed by atoms with van der Waals surface area (Å²) in [4.78, 5) is 14.1. The Morgan fingerprint density at radius 2 is 1.84 bits per heavy atom. The first-order valence-corrected chi connectivity index (χ1v) is 12.4. The second-order valence-electron chi connectivity index (χ2n) is 8.34. The van der Waals surface area contributed by atoms with Gasteiger partial charge in [0.05, 0.1) is 16.1 Å². The molecule has 2 N–H and O–H groups in total. The Morgan fingerprint density at radius 3 is 2.59 bits per heavy atom. The number of hydrogen-bond donors (Lipinski definition) is 2. The van der Waals surface area contributed by atoms with Crippen molar-refractivity contribution in [2.75, 3.05) is 24.4 Å². The number of carbonyl (C=O) groups is 1. The van der Waals surface area contributed by atoms with Crippen molar-refractivity contribution in [2.24, 2.45) is 0 Å². The van der Waals surface area contributed by atoms with Crippen LogP contribution in [0.3, 0.4) is 0 Å². The molecule has 4 rings (SSSR count). The van der Waals surface area contributed by atoms with E-state index >= 15 is 0 Å². The van der Waals surface area contributed by atoms with Gasteiger partial charge in [0.2, 0.25) is 0 Å². The van der Waals surface area contributed by atoms with Gasteiger partial charge in [0.25, 0.3) is 10.0 Å². The van der Waals surface area contributed by atoms with E-state index in [1.165, 1.54) is 18.2 Å². The zero-order chi connectivity index (χ0) is 22.7. The van der Waals surface area contributed by atoms with Crippen LogP contribution in [-0.4, -0.2) is 44.0 Å². The fourth-order valence-corrected chi connectivity index (χ4v) is 5.80. The number of benzene rings is 2. The fourth-order valence-electron chi connectivity index (χ4n) is 4.55. The van der Waals surface area contributed by atoms with Gasteiger partial charge in [0.1, 0.15) is 5.82 Å². The zero-order valence-corrected chi connectivity index (χ0v) is 18.6. The maximum atomic E-state index is 13.9. The Labute approximate surface area is 187 Å². The van der Waals surface area contributed by atoms with Crippen molar-refractivity contribution >= 4 is 27.8 Å². The van der Waals surface area contributed by atoms with Gasteiger partial charge in [-0.1, -0.05) is 18.2 Å². The van der Waals surface area contributed by atoms with Crippen molar-refractivity contribution in [2.45, 2.75) is 43.4 Å². The average molecular weight is 459 g/mol. The lowest BCUT2D eigenvalue weighted by atomic mass is 9.87. The quantitative estimate of drug-likeness (QED) is 0.646. The lowest BCUT2D eigenvalue weighted by Gasteiger charge is -2.21. The molecule has 0 saturated carbocycles. The number of nitrogens with one attached hydrogen (secondary N) is 1. The molecule has 0 atom stereocenters. The van der Waals surface area contributed by atoms with E-state index in [4.69, 9.17) is 0 Å². The molecule has 170 valence electrons. The van der Waals surface area contributed by atoms with Gasteiger partial charge in [-0.3, -0.25) is 9.62 Å². The molecular formula is C24H27FN2O4S. The summed E-state index contributed by atoms with van der Waals surface area (Å²) in [5.41, 5.74) is 1.90.